The number of pyridine rings is 1. The van der Waals surface area contributed by atoms with Gasteiger partial charge in [0.2, 0.25) is 0 Å². The number of aromatic amines is 1. The number of fused-ring (bicyclic) bond motifs is 1. The van der Waals surface area contributed by atoms with Gasteiger partial charge in [-0.15, -0.1) is 0 Å². The van der Waals surface area contributed by atoms with Crippen LogP contribution >= 0.6 is 0 Å². The summed E-state index contributed by atoms with van der Waals surface area (Å²) in [6, 6.07) is 14.8. The number of aromatic nitrogens is 3. The van der Waals surface area contributed by atoms with Crippen LogP contribution in [0.3, 0.4) is 0 Å². The zero-order valence-corrected chi connectivity index (χ0v) is 15.9. The first-order valence-electron chi connectivity index (χ1n) is 9.51. The van der Waals surface area contributed by atoms with E-state index in [0.717, 1.165) is 31.6 Å². The molecule has 1 fully saturated rings. The van der Waals surface area contributed by atoms with E-state index in [1.54, 1.807) is 6.20 Å². The lowest BCUT2D eigenvalue weighted by molar-refractivity contribution is 0.498. The maximum atomic E-state index is 4.32. The van der Waals surface area contributed by atoms with E-state index < -0.39 is 0 Å². The van der Waals surface area contributed by atoms with Gasteiger partial charge in [0.1, 0.15) is 0 Å². The van der Waals surface area contributed by atoms with Crippen LogP contribution in [-0.4, -0.2) is 28.3 Å². The Balaban J connectivity index is 0.000000528. The summed E-state index contributed by atoms with van der Waals surface area (Å²) in [6.07, 6.45) is 4.10. The molecule has 0 spiro atoms. The van der Waals surface area contributed by atoms with Crippen molar-refractivity contribution in [1.82, 2.24) is 15.2 Å². The van der Waals surface area contributed by atoms with Gasteiger partial charge in [-0.2, -0.15) is 5.10 Å². The molecule has 1 aliphatic heterocycles. The number of hydrogen-bond donors (Lipinski definition) is 1. The van der Waals surface area contributed by atoms with Gasteiger partial charge in [-0.25, -0.2) is 4.98 Å². The van der Waals surface area contributed by atoms with Crippen LogP contribution < -0.4 is 4.90 Å². The van der Waals surface area contributed by atoms with Crippen molar-refractivity contribution in [3.63, 3.8) is 0 Å². The Morgan fingerprint density at radius 1 is 0.920 bits per heavy atom. The molecular weight excluding hydrogens is 308 g/mol. The van der Waals surface area contributed by atoms with Gasteiger partial charge in [0.25, 0.3) is 0 Å². The van der Waals surface area contributed by atoms with Gasteiger partial charge in [0.05, 0.1) is 0 Å². The van der Waals surface area contributed by atoms with Crippen molar-refractivity contribution in [2.45, 2.75) is 46.5 Å². The van der Waals surface area contributed by atoms with E-state index in [4.69, 9.17) is 0 Å². The molecule has 1 aromatic carbocycles. The number of nitrogens with one attached hydrogen (secondary N) is 1. The summed E-state index contributed by atoms with van der Waals surface area (Å²) < 4.78 is 0. The summed E-state index contributed by atoms with van der Waals surface area (Å²) >= 11 is 0. The standard InChI is InChI=1S/C17H18N4.2C2H6/c1-2-5-14(6-3-1)21-11-8-13(9-12-21)16-15-7-4-10-18-17(15)20-19-16;2*1-2/h1-7,10,13H,8-9,11-12H2,(H,18,19,20);2*1-2H3. The molecule has 3 aromatic rings. The van der Waals surface area contributed by atoms with Gasteiger partial charge in [0.15, 0.2) is 5.65 Å². The molecule has 0 amide bonds. The molecule has 2 aromatic heterocycles. The molecular formula is C21H30N4. The lowest BCUT2D eigenvalue weighted by Crippen LogP contribution is -2.32. The summed E-state index contributed by atoms with van der Waals surface area (Å²) in [7, 11) is 0. The van der Waals surface area contributed by atoms with Crippen LogP contribution in [0.25, 0.3) is 11.0 Å². The van der Waals surface area contributed by atoms with E-state index in [1.807, 2.05) is 33.8 Å². The fourth-order valence-electron chi connectivity index (χ4n) is 3.25. The van der Waals surface area contributed by atoms with Crippen molar-refractivity contribution in [3.05, 3.63) is 54.4 Å². The van der Waals surface area contributed by atoms with E-state index in [-0.39, 0.29) is 0 Å². The van der Waals surface area contributed by atoms with E-state index in [1.165, 1.54) is 16.8 Å². The third-order valence-electron chi connectivity index (χ3n) is 4.38. The Bertz CT molecular complexity index is 728. The van der Waals surface area contributed by atoms with E-state index in [0.29, 0.717) is 5.92 Å². The molecule has 25 heavy (non-hydrogen) atoms. The number of benzene rings is 1. The number of para-hydroxylation sites is 1. The van der Waals surface area contributed by atoms with Gasteiger partial charge in [-0.3, -0.25) is 5.10 Å². The van der Waals surface area contributed by atoms with Crippen LogP contribution in [0.5, 0.6) is 0 Å². The van der Waals surface area contributed by atoms with Gasteiger partial charge < -0.3 is 4.90 Å². The highest BCUT2D eigenvalue weighted by molar-refractivity contribution is 5.77. The molecule has 1 aliphatic rings. The summed E-state index contributed by atoms with van der Waals surface area (Å²) in [4.78, 5) is 6.77. The van der Waals surface area contributed by atoms with Crippen LogP contribution in [0.4, 0.5) is 5.69 Å². The minimum atomic E-state index is 0.555. The minimum Gasteiger partial charge on any atom is -0.371 e. The normalized spacial score (nSPS) is 14.3. The highest BCUT2D eigenvalue weighted by atomic mass is 15.2. The van der Waals surface area contributed by atoms with Gasteiger partial charge in [-0.1, -0.05) is 45.9 Å². The SMILES string of the molecule is CC.CC.c1ccc(N2CCC(c3[nH]nc4ncccc34)CC2)cc1. The predicted molar refractivity (Wildman–Crippen MR) is 107 cm³/mol. The van der Waals surface area contributed by atoms with Gasteiger partial charge in [-0.05, 0) is 37.1 Å². The first kappa shape index (κ1) is 19.0. The second-order valence-electron chi connectivity index (χ2n) is 5.61. The second-order valence-corrected chi connectivity index (χ2v) is 5.61. The van der Waals surface area contributed by atoms with Crippen molar-refractivity contribution in [3.8, 4) is 0 Å². The van der Waals surface area contributed by atoms with E-state index in [2.05, 4.69) is 56.5 Å². The Labute approximate surface area is 151 Å². The van der Waals surface area contributed by atoms with Crippen LogP contribution in [0.2, 0.25) is 0 Å². The first-order chi connectivity index (χ1) is 12.4. The summed E-state index contributed by atoms with van der Waals surface area (Å²) in [5.41, 5.74) is 3.41. The molecule has 0 aliphatic carbocycles. The topological polar surface area (TPSA) is 44.8 Å². The number of piperidine rings is 1. The monoisotopic (exact) mass is 338 g/mol. The van der Waals surface area contributed by atoms with Crippen LogP contribution in [0.15, 0.2) is 48.7 Å². The third kappa shape index (κ3) is 4.38. The van der Waals surface area contributed by atoms with E-state index >= 15 is 0 Å². The zero-order chi connectivity index (χ0) is 18.1. The number of hydrogen-bond acceptors (Lipinski definition) is 3. The molecule has 1 N–H and O–H groups in total. The molecule has 4 rings (SSSR count). The maximum absolute atomic E-state index is 4.32. The van der Waals surface area contributed by atoms with Crippen molar-refractivity contribution in [2.75, 3.05) is 18.0 Å². The summed E-state index contributed by atoms with van der Waals surface area (Å²) in [5.74, 6) is 0.555. The molecule has 0 saturated carbocycles. The Morgan fingerprint density at radius 3 is 2.28 bits per heavy atom. The molecule has 1 saturated heterocycles. The molecule has 0 unspecified atom stereocenters. The minimum absolute atomic E-state index is 0.555. The lowest BCUT2D eigenvalue weighted by Gasteiger charge is -2.33. The van der Waals surface area contributed by atoms with Crippen LogP contribution in [-0.2, 0) is 0 Å². The molecule has 0 bridgehead atoms. The van der Waals surface area contributed by atoms with E-state index in [9.17, 15) is 0 Å². The smallest absolute Gasteiger partial charge is 0.181 e. The van der Waals surface area contributed by atoms with Crippen LogP contribution in [0.1, 0.15) is 52.1 Å². The Kier molecular flexibility index (Phi) is 7.45. The largest absolute Gasteiger partial charge is 0.371 e. The lowest BCUT2D eigenvalue weighted by atomic mass is 9.92. The molecule has 3 heterocycles. The first-order valence-corrected chi connectivity index (χ1v) is 9.51. The highest BCUT2D eigenvalue weighted by Crippen LogP contribution is 2.32. The zero-order valence-electron chi connectivity index (χ0n) is 15.9. The number of rotatable bonds is 2. The van der Waals surface area contributed by atoms with Crippen molar-refractivity contribution in [2.24, 2.45) is 0 Å². The van der Waals surface area contributed by atoms with Gasteiger partial charge >= 0.3 is 0 Å². The number of nitrogens with zero attached hydrogens (tertiary/aromatic N) is 3. The average molecular weight is 338 g/mol. The van der Waals surface area contributed by atoms with Gasteiger partial charge in [0, 0.05) is 42.0 Å². The molecule has 0 radical (unpaired) electrons. The second kappa shape index (κ2) is 9.82. The molecule has 4 heteroatoms. The highest BCUT2D eigenvalue weighted by Gasteiger charge is 2.23. The maximum Gasteiger partial charge on any atom is 0.181 e. The fraction of sp³-hybridized carbons (Fsp3) is 0.429. The Hall–Kier alpha value is -2.36. The summed E-state index contributed by atoms with van der Waals surface area (Å²) in [6.45, 7) is 10.2. The predicted octanol–water partition coefficient (Wildman–Crippen LogP) is 5.39. The summed E-state index contributed by atoms with van der Waals surface area (Å²) in [5, 5.41) is 8.70. The number of H-pyrrole nitrogens is 1. The van der Waals surface area contributed by atoms with Crippen molar-refractivity contribution < 1.29 is 0 Å². The third-order valence-corrected chi connectivity index (χ3v) is 4.38. The molecule has 4 nitrogen and oxygen atoms in total. The molecule has 134 valence electrons. The number of anilines is 1. The quantitative estimate of drug-likeness (QED) is 0.681. The molecule has 0 atom stereocenters. The fourth-order valence-corrected chi connectivity index (χ4v) is 3.25. The van der Waals surface area contributed by atoms with Crippen molar-refractivity contribution in [1.29, 1.82) is 0 Å². The Morgan fingerprint density at radius 2 is 1.60 bits per heavy atom. The average Bonchev–Trinajstić information content (AvgIpc) is 3.16. The van der Waals surface area contributed by atoms with Crippen LogP contribution in [0, 0.1) is 0 Å². The van der Waals surface area contributed by atoms with Crippen molar-refractivity contribution >= 4 is 16.7 Å².